The quantitative estimate of drug-likeness (QED) is 0.687. The SMILES string of the molecule is CCC1O[C@H]([C@H](C)c2ccc(Br)cc2C)C(OC(C)=O)C[C@@H]1C. The summed E-state index contributed by atoms with van der Waals surface area (Å²) in [5.41, 5.74) is 2.48. The lowest BCUT2D eigenvalue weighted by molar-refractivity contribution is -0.182. The highest BCUT2D eigenvalue weighted by atomic mass is 79.9. The first kappa shape index (κ1) is 18.5. The molecule has 0 saturated carbocycles. The van der Waals surface area contributed by atoms with Crippen molar-refractivity contribution < 1.29 is 14.3 Å². The van der Waals surface area contributed by atoms with Crippen molar-refractivity contribution in [2.75, 3.05) is 0 Å². The number of hydrogen-bond acceptors (Lipinski definition) is 3. The molecule has 0 aliphatic carbocycles. The van der Waals surface area contributed by atoms with Gasteiger partial charge in [0.25, 0.3) is 0 Å². The Bertz CT molecular complexity index is 558. The molecule has 0 aromatic heterocycles. The molecule has 1 aromatic carbocycles. The zero-order chi connectivity index (χ0) is 17.1. The van der Waals surface area contributed by atoms with Crippen LogP contribution < -0.4 is 0 Å². The lowest BCUT2D eigenvalue weighted by Crippen LogP contribution is -2.47. The molecule has 2 rings (SSSR count). The fraction of sp³-hybridized carbons (Fsp3) is 0.632. The minimum absolute atomic E-state index is 0.0973. The largest absolute Gasteiger partial charge is 0.460 e. The molecule has 1 aromatic rings. The highest BCUT2D eigenvalue weighted by Gasteiger charge is 2.40. The Kier molecular flexibility index (Phi) is 6.26. The van der Waals surface area contributed by atoms with Gasteiger partial charge in [-0.05, 0) is 48.9 Å². The summed E-state index contributed by atoms with van der Waals surface area (Å²) in [5.74, 6) is 0.346. The predicted molar refractivity (Wildman–Crippen MR) is 95.6 cm³/mol. The van der Waals surface area contributed by atoms with Crippen LogP contribution in [0.5, 0.6) is 0 Å². The third-order valence-electron chi connectivity index (χ3n) is 4.87. The topological polar surface area (TPSA) is 35.5 Å². The summed E-state index contributed by atoms with van der Waals surface area (Å²) in [7, 11) is 0. The highest BCUT2D eigenvalue weighted by Crippen LogP contribution is 2.37. The van der Waals surface area contributed by atoms with E-state index in [1.54, 1.807) is 0 Å². The van der Waals surface area contributed by atoms with Gasteiger partial charge in [0.15, 0.2) is 0 Å². The molecule has 0 N–H and O–H groups in total. The van der Waals surface area contributed by atoms with Crippen LogP contribution in [0.3, 0.4) is 0 Å². The number of carbonyl (C=O) groups is 1. The smallest absolute Gasteiger partial charge is 0.302 e. The molecular formula is C19H27BrO3. The Morgan fingerprint density at radius 3 is 2.74 bits per heavy atom. The van der Waals surface area contributed by atoms with Crippen molar-refractivity contribution in [3.8, 4) is 0 Å². The standard InChI is InChI=1S/C19H27BrO3/c1-6-17-12(3)10-18(22-14(5)21)19(23-17)13(4)16-8-7-15(20)9-11(16)2/h7-9,12-13,17-19H,6,10H2,1-5H3/t12-,13+,17?,18?,19+/m0/s1. The Hall–Kier alpha value is -0.870. The van der Waals surface area contributed by atoms with Crippen molar-refractivity contribution in [2.45, 2.75) is 71.7 Å². The predicted octanol–water partition coefficient (Wildman–Crippen LogP) is 5.00. The van der Waals surface area contributed by atoms with E-state index in [4.69, 9.17) is 9.47 Å². The van der Waals surface area contributed by atoms with E-state index in [1.807, 2.05) is 0 Å². The van der Waals surface area contributed by atoms with E-state index in [2.05, 4.69) is 61.8 Å². The minimum Gasteiger partial charge on any atom is -0.460 e. The summed E-state index contributed by atoms with van der Waals surface area (Å²) in [6.07, 6.45) is 1.80. The fourth-order valence-electron chi connectivity index (χ4n) is 3.67. The second kappa shape index (κ2) is 7.80. The number of aryl methyl sites for hydroxylation is 1. The van der Waals surface area contributed by atoms with Crippen molar-refractivity contribution in [1.82, 2.24) is 0 Å². The molecule has 1 aliphatic heterocycles. The maximum absolute atomic E-state index is 11.5. The summed E-state index contributed by atoms with van der Waals surface area (Å²) >= 11 is 3.51. The molecule has 0 spiro atoms. The summed E-state index contributed by atoms with van der Waals surface area (Å²) in [6.45, 7) is 10.1. The number of hydrogen-bond donors (Lipinski definition) is 0. The van der Waals surface area contributed by atoms with Gasteiger partial charge in [0.05, 0.1) is 6.10 Å². The summed E-state index contributed by atoms with van der Waals surface area (Å²) in [4.78, 5) is 11.5. The molecule has 5 atom stereocenters. The second-order valence-corrected chi connectivity index (χ2v) is 7.61. The fourth-order valence-corrected chi connectivity index (χ4v) is 4.15. The van der Waals surface area contributed by atoms with Crippen LogP contribution in [0.25, 0.3) is 0 Å². The van der Waals surface area contributed by atoms with Crippen LogP contribution in [-0.2, 0) is 14.3 Å². The van der Waals surface area contributed by atoms with Gasteiger partial charge < -0.3 is 9.47 Å². The van der Waals surface area contributed by atoms with Gasteiger partial charge in [0, 0.05) is 17.3 Å². The molecule has 3 nitrogen and oxygen atoms in total. The van der Waals surface area contributed by atoms with Crippen LogP contribution in [0, 0.1) is 12.8 Å². The molecule has 23 heavy (non-hydrogen) atoms. The van der Waals surface area contributed by atoms with Crippen LogP contribution in [0.2, 0.25) is 0 Å². The molecule has 1 saturated heterocycles. The van der Waals surface area contributed by atoms with Gasteiger partial charge in [0.2, 0.25) is 0 Å². The molecule has 1 aliphatic rings. The molecule has 1 heterocycles. The molecular weight excluding hydrogens is 356 g/mol. The van der Waals surface area contributed by atoms with Crippen molar-refractivity contribution in [3.63, 3.8) is 0 Å². The Labute approximate surface area is 147 Å². The Balaban J connectivity index is 2.28. The van der Waals surface area contributed by atoms with Gasteiger partial charge in [-0.2, -0.15) is 0 Å². The molecule has 0 amide bonds. The Morgan fingerprint density at radius 1 is 1.48 bits per heavy atom. The van der Waals surface area contributed by atoms with Crippen molar-refractivity contribution in [3.05, 3.63) is 33.8 Å². The maximum Gasteiger partial charge on any atom is 0.302 e. The summed E-state index contributed by atoms with van der Waals surface area (Å²) in [5, 5.41) is 0. The zero-order valence-corrected chi connectivity index (χ0v) is 16.2. The first-order chi connectivity index (χ1) is 10.8. The maximum atomic E-state index is 11.5. The van der Waals surface area contributed by atoms with Crippen LogP contribution in [0.15, 0.2) is 22.7 Å². The van der Waals surface area contributed by atoms with Gasteiger partial charge in [0.1, 0.15) is 12.2 Å². The van der Waals surface area contributed by atoms with Gasteiger partial charge in [-0.15, -0.1) is 0 Å². The monoisotopic (exact) mass is 382 g/mol. The first-order valence-corrected chi connectivity index (χ1v) is 9.21. The Morgan fingerprint density at radius 2 is 2.17 bits per heavy atom. The summed E-state index contributed by atoms with van der Waals surface area (Å²) in [6, 6.07) is 6.31. The van der Waals surface area contributed by atoms with Gasteiger partial charge in [-0.25, -0.2) is 0 Å². The average molecular weight is 383 g/mol. The minimum atomic E-state index is -0.231. The number of benzene rings is 1. The van der Waals surface area contributed by atoms with Crippen LogP contribution in [0.1, 0.15) is 57.6 Å². The number of halogens is 1. The highest BCUT2D eigenvalue weighted by molar-refractivity contribution is 9.10. The average Bonchev–Trinajstić information content (AvgIpc) is 2.46. The van der Waals surface area contributed by atoms with Gasteiger partial charge in [-0.3, -0.25) is 4.79 Å². The number of rotatable bonds is 4. The summed E-state index contributed by atoms with van der Waals surface area (Å²) < 4.78 is 13.0. The molecule has 1 fully saturated rings. The van der Waals surface area contributed by atoms with Crippen molar-refractivity contribution >= 4 is 21.9 Å². The van der Waals surface area contributed by atoms with Crippen molar-refractivity contribution in [2.24, 2.45) is 5.92 Å². The molecule has 4 heteroatoms. The lowest BCUT2D eigenvalue weighted by atomic mass is 9.82. The zero-order valence-electron chi connectivity index (χ0n) is 14.6. The van der Waals surface area contributed by atoms with E-state index in [9.17, 15) is 4.79 Å². The normalized spacial score (nSPS) is 29.1. The number of esters is 1. The van der Waals surface area contributed by atoms with E-state index < -0.39 is 0 Å². The second-order valence-electron chi connectivity index (χ2n) is 6.70. The third-order valence-corrected chi connectivity index (χ3v) is 5.37. The lowest BCUT2D eigenvalue weighted by Gasteiger charge is -2.42. The molecule has 2 unspecified atom stereocenters. The van der Waals surface area contributed by atoms with Crippen LogP contribution in [-0.4, -0.2) is 24.3 Å². The van der Waals surface area contributed by atoms with E-state index in [1.165, 1.54) is 18.1 Å². The van der Waals surface area contributed by atoms with E-state index in [0.29, 0.717) is 5.92 Å². The van der Waals surface area contributed by atoms with Crippen molar-refractivity contribution in [1.29, 1.82) is 0 Å². The molecule has 0 bridgehead atoms. The molecule has 128 valence electrons. The third kappa shape index (κ3) is 4.36. The molecule has 0 radical (unpaired) electrons. The van der Waals surface area contributed by atoms with Crippen LogP contribution in [0.4, 0.5) is 0 Å². The number of ether oxygens (including phenoxy) is 2. The number of carbonyl (C=O) groups excluding carboxylic acids is 1. The van der Waals surface area contributed by atoms with E-state index >= 15 is 0 Å². The van der Waals surface area contributed by atoms with Crippen LogP contribution >= 0.6 is 15.9 Å². The first-order valence-electron chi connectivity index (χ1n) is 8.42. The van der Waals surface area contributed by atoms with Gasteiger partial charge >= 0.3 is 5.97 Å². The van der Waals surface area contributed by atoms with E-state index in [0.717, 1.165) is 17.3 Å². The van der Waals surface area contributed by atoms with E-state index in [-0.39, 0.29) is 30.2 Å². The van der Waals surface area contributed by atoms with Gasteiger partial charge in [-0.1, -0.05) is 42.8 Å².